The summed E-state index contributed by atoms with van der Waals surface area (Å²) in [5, 5.41) is 0. The third-order valence-corrected chi connectivity index (χ3v) is 0.111. The minimum Gasteiger partial charge on any atom is 0.187 e. The van der Waals surface area contributed by atoms with Crippen LogP contribution in [0, 0.1) is 0 Å². The zero-order valence-electron chi connectivity index (χ0n) is 3.49. The SMILES string of the molecule is C=O.O=BOB=O.[AlH3]. The van der Waals surface area contributed by atoms with Crippen molar-refractivity contribution >= 4 is 38.9 Å². The van der Waals surface area contributed by atoms with E-state index in [2.05, 4.69) is 4.57 Å². The predicted octanol–water partition coefficient (Wildman–Crippen LogP) is -2.44. The molecule has 0 N–H and O–H groups in total. The van der Waals surface area contributed by atoms with Crippen LogP contribution in [-0.4, -0.2) is 38.9 Å². The fourth-order valence-electron chi connectivity index (χ4n) is 0.0227. The zero-order valence-corrected chi connectivity index (χ0v) is 3.49. The van der Waals surface area contributed by atoms with Gasteiger partial charge >= 0.3 is 28.7 Å². The van der Waals surface area contributed by atoms with Crippen molar-refractivity contribution in [1.82, 2.24) is 0 Å². The van der Waals surface area contributed by atoms with E-state index in [0.717, 1.165) is 0 Å². The fraction of sp³-hybridized carbons (Fsp3) is 0. The van der Waals surface area contributed by atoms with Gasteiger partial charge in [0.2, 0.25) is 0 Å². The molecule has 0 aromatic carbocycles. The van der Waals surface area contributed by atoms with Crippen molar-refractivity contribution in [2.45, 2.75) is 0 Å². The van der Waals surface area contributed by atoms with Gasteiger partial charge in [-0.15, -0.1) is 0 Å². The molecule has 0 spiro atoms. The van der Waals surface area contributed by atoms with Gasteiger partial charge in [0.15, 0.2) is 17.4 Å². The first kappa shape index (κ1) is 15.6. The zero-order chi connectivity index (χ0) is 6.12. The van der Waals surface area contributed by atoms with E-state index in [0.29, 0.717) is 0 Å². The Bertz CT molecular complexity index is 52.0. The molecule has 0 heterocycles. The summed E-state index contributed by atoms with van der Waals surface area (Å²) in [5.74, 6) is 0. The van der Waals surface area contributed by atoms with E-state index in [1.54, 1.807) is 0 Å². The summed E-state index contributed by atoms with van der Waals surface area (Å²) in [5.41, 5.74) is 0. The normalized spacial score (nSPS) is 3.00. The smallest absolute Gasteiger partial charge is 0.187 e. The molecular weight excluding hydrogens is 125 g/mol. The molecule has 0 radical (unpaired) electrons. The summed E-state index contributed by atoms with van der Waals surface area (Å²) in [6.45, 7) is 2.00. The van der Waals surface area contributed by atoms with Crippen molar-refractivity contribution in [2.75, 3.05) is 0 Å². The summed E-state index contributed by atoms with van der Waals surface area (Å²) in [6, 6.07) is 0. The second-order valence-electron chi connectivity index (χ2n) is 0.329. The van der Waals surface area contributed by atoms with Gasteiger partial charge in [0.25, 0.3) is 0 Å². The largest absolute Gasteiger partial charge is 0.187 e. The van der Waals surface area contributed by atoms with Crippen LogP contribution in [0.15, 0.2) is 0 Å². The van der Waals surface area contributed by atoms with Crippen molar-refractivity contribution in [3.8, 4) is 0 Å². The van der Waals surface area contributed by atoms with Crippen LogP contribution < -0.4 is 0 Å². The summed E-state index contributed by atoms with van der Waals surface area (Å²) < 4.78 is 21.4. The van der Waals surface area contributed by atoms with Gasteiger partial charge in [-0.05, 0) is 0 Å². The van der Waals surface area contributed by atoms with Gasteiger partial charge in [0.05, 0.1) is 0 Å². The third kappa shape index (κ3) is 42.8. The Morgan fingerprint density at radius 2 is 1.38 bits per heavy atom. The average Bonchev–Trinajstić information content (AvgIpc) is 1.75. The maximum atomic E-state index is 8.95. The van der Waals surface area contributed by atoms with E-state index in [4.69, 9.17) is 14.2 Å². The van der Waals surface area contributed by atoms with Crippen LogP contribution in [0.4, 0.5) is 0 Å². The summed E-state index contributed by atoms with van der Waals surface area (Å²) in [4.78, 5) is 8.00. The van der Waals surface area contributed by atoms with E-state index < -0.39 is 0 Å². The molecule has 0 amide bonds. The van der Waals surface area contributed by atoms with E-state index in [9.17, 15) is 0 Å². The second kappa shape index (κ2) is 29.6. The Balaban J connectivity index is -0.0000000750. The van der Waals surface area contributed by atoms with E-state index in [1.807, 2.05) is 6.79 Å². The van der Waals surface area contributed by atoms with Crippen LogP contribution in [0.1, 0.15) is 0 Å². The van der Waals surface area contributed by atoms with Gasteiger partial charge in [-0.2, -0.15) is 0 Å². The molecule has 0 fully saturated rings. The minimum atomic E-state index is 0. The van der Waals surface area contributed by atoms with Gasteiger partial charge in [0.1, 0.15) is 6.79 Å². The number of carbonyl (C=O) groups is 1. The van der Waals surface area contributed by atoms with Crippen molar-refractivity contribution in [3.63, 3.8) is 0 Å². The number of hydrogen-bond acceptors (Lipinski definition) is 4. The van der Waals surface area contributed by atoms with Crippen molar-refractivity contribution < 1.29 is 18.8 Å². The number of rotatable bonds is 2. The third-order valence-electron chi connectivity index (χ3n) is 0.111. The number of carbonyl (C=O) groups excluding carboxylic acids is 1. The summed E-state index contributed by atoms with van der Waals surface area (Å²) >= 11 is 0. The molecule has 0 aliphatic carbocycles. The predicted molar refractivity (Wildman–Crippen MR) is 31.0 cm³/mol. The molecule has 0 aliphatic rings. The molecule has 0 saturated carbocycles. The second-order valence-corrected chi connectivity index (χ2v) is 0.329. The molecule has 0 rings (SSSR count). The van der Waals surface area contributed by atoms with Gasteiger partial charge in [-0.3, -0.25) is 0 Å². The molecule has 4 nitrogen and oxygen atoms in total. The van der Waals surface area contributed by atoms with Gasteiger partial charge in [-0.25, -0.2) is 0 Å². The Morgan fingerprint density at radius 1 is 1.12 bits per heavy atom. The van der Waals surface area contributed by atoms with E-state index in [-0.39, 0.29) is 32.1 Å². The van der Waals surface area contributed by atoms with Crippen LogP contribution in [0.25, 0.3) is 0 Å². The Labute approximate surface area is 58.3 Å². The molecule has 0 aromatic heterocycles. The van der Waals surface area contributed by atoms with Crippen molar-refractivity contribution in [1.29, 1.82) is 0 Å². The molecule has 8 heavy (non-hydrogen) atoms. The van der Waals surface area contributed by atoms with Crippen LogP contribution in [0.5, 0.6) is 0 Å². The first-order valence-corrected chi connectivity index (χ1v) is 1.23. The topological polar surface area (TPSA) is 60.4 Å². The van der Waals surface area contributed by atoms with Crippen LogP contribution >= 0.6 is 0 Å². The van der Waals surface area contributed by atoms with Crippen molar-refractivity contribution in [2.24, 2.45) is 0 Å². The monoisotopic (exact) mass is 130 g/mol. The number of hydrogen-bond donors (Lipinski definition) is 0. The van der Waals surface area contributed by atoms with Gasteiger partial charge in [0, 0.05) is 0 Å². The molecule has 42 valence electrons. The molecule has 7 heteroatoms. The van der Waals surface area contributed by atoms with Crippen LogP contribution in [-0.2, 0) is 18.8 Å². The molecule has 0 unspecified atom stereocenters. The molecule has 0 atom stereocenters. The summed E-state index contributed by atoms with van der Waals surface area (Å²) in [7, 11) is 0.125. The van der Waals surface area contributed by atoms with Gasteiger partial charge in [-0.1, -0.05) is 0 Å². The molecule has 0 aromatic rings. The average molecular weight is 130 g/mol. The van der Waals surface area contributed by atoms with E-state index in [1.165, 1.54) is 0 Å². The Kier molecular flexibility index (Phi) is 58.0. The van der Waals surface area contributed by atoms with Gasteiger partial charge < -0.3 is 4.79 Å². The van der Waals surface area contributed by atoms with E-state index >= 15 is 0 Å². The van der Waals surface area contributed by atoms with Crippen molar-refractivity contribution in [3.05, 3.63) is 0 Å². The molecule has 0 aliphatic heterocycles. The molecular formula is CH5AlB2O4. The van der Waals surface area contributed by atoms with Crippen LogP contribution in [0.2, 0.25) is 0 Å². The fourth-order valence-corrected chi connectivity index (χ4v) is 0.0227. The standard InChI is InChI=1S/CH2O.Al.B2O3.3H/c1-2;;3-1-5-2-4;;;/h1H2;;;;;. The Hall–Kier alpha value is -0.268. The summed E-state index contributed by atoms with van der Waals surface area (Å²) in [6.07, 6.45) is 0. The first-order valence-electron chi connectivity index (χ1n) is 1.23. The first-order chi connectivity index (χ1) is 3.41. The molecule has 0 bridgehead atoms. The molecule has 0 saturated heterocycles. The maximum absolute atomic E-state index is 8.95. The maximum Gasteiger partial charge on any atom is 0.187 e. The quantitative estimate of drug-likeness (QED) is 0.389. The van der Waals surface area contributed by atoms with Crippen LogP contribution in [0.3, 0.4) is 0 Å². The minimum absolute atomic E-state index is 0. The Morgan fingerprint density at radius 3 is 1.38 bits per heavy atom.